The number of hydrogen-bond donors (Lipinski definition) is 2. The number of hydrogen-bond acceptors (Lipinski definition) is 6. The lowest BCUT2D eigenvalue weighted by atomic mass is 10.2. The van der Waals surface area contributed by atoms with Gasteiger partial charge in [0, 0.05) is 23.6 Å². The number of nitrogens with zero attached hydrogens (tertiary/aromatic N) is 5. The summed E-state index contributed by atoms with van der Waals surface area (Å²) in [4.78, 5) is 26.7. The van der Waals surface area contributed by atoms with Crippen molar-refractivity contribution in [1.29, 1.82) is 0 Å². The first-order chi connectivity index (χ1) is 15.6. The van der Waals surface area contributed by atoms with E-state index in [9.17, 15) is 4.79 Å². The molecule has 0 saturated heterocycles. The maximum atomic E-state index is 13.2. The molecule has 0 aliphatic heterocycles. The fraction of sp³-hybridized carbons (Fsp3) is 0.0417. The van der Waals surface area contributed by atoms with E-state index >= 15 is 0 Å². The molecule has 3 aromatic heterocycles. The van der Waals surface area contributed by atoms with Gasteiger partial charge in [-0.2, -0.15) is 9.78 Å². The SMILES string of the molecule is Cc1cccc(NC(=O)c2c(N)n(/N=C\c3cccnc3)c3nc4ccccc4nc23)c1. The van der Waals surface area contributed by atoms with Crippen LogP contribution >= 0.6 is 0 Å². The molecule has 8 nitrogen and oxygen atoms in total. The molecule has 2 aromatic carbocycles. The number of anilines is 2. The van der Waals surface area contributed by atoms with Gasteiger partial charge in [-0.15, -0.1) is 0 Å². The Hall–Kier alpha value is -4.59. The summed E-state index contributed by atoms with van der Waals surface area (Å²) in [6.07, 6.45) is 4.97. The van der Waals surface area contributed by atoms with Crippen LogP contribution in [0.25, 0.3) is 22.2 Å². The van der Waals surface area contributed by atoms with Crippen LogP contribution in [-0.4, -0.2) is 31.7 Å². The molecule has 8 heteroatoms. The molecule has 1 amide bonds. The highest BCUT2D eigenvalue weighted by atomic mass is 16.1. The molecule has 0 unspecified atom stereocenters. The number of carbonyl (C=O) groups is 1. The van der Waals surface area contributed by atoms with Gasteiger partial charge in [0.25, 0.3) is 5.91 Å². The van der Waals surface area contributed by atoms with Crippen molar-refractivity contribution in [2.75, 3.05) is 11.1 Å². The van der Waals surface area contributed by atoms with Crippen LogP contribution in [0.2, 0.25) is 0 Å². The van der Waals surface area contributed by atoms with Crippen molar-refractivity contribution in [3.8, 4) is 0 Å². The first-order valence-electron chi connectivity index (χ1n) is 9.99. The van der Waals surface area contributed by atoms with Crippen molar-refractivity contribution in [3.63, 3.8) is 0 Å². The minimum Gasteiger partial charge on any atom is -0.383 e. The number of rotatable bonds is 4. The Kier molecular flexibility index (Phi) is 4.79. The Morgan fingerprint density at radius 3 is 2.62 bits per heavy atom. The molecule has 5 rings (SSSR count). The number of fused-ring (bicyclic) bond motifs is 2. The van der Waals surface area contributed by atoms with Gasteiger partial charge < -0.3 is 11.1 Å². The van der Waals surface area contributed by atoms with Crippen molar-refractivity contribution in [2.24, 2.45) is 5.10 Å². The van der Waals surface area contributed by atoms with Crippen LogP contribution in [0.1, 0.15) is 21.5 Å². The average molecular weight is 421 g/mol. The second-order valence-corrected chi connectivity index (χ2v) is 7.31. The fourth-order valence-corrected chi connectivity index (χ4v) is 3.48. The number of nitrogens with one attached hydrogen (secondary N) is 1. The first kappa shape index (κ1) is 19.4. The summed E-state index contributed by atoms with van der Waals surface area (Å²) in [6, 6.07) is 18.7. The van der Waals surface area contributed by atoms with E-state index in [0.29, 0.717) is 27.9 Å². The van der Waals surface area contributed by atoms with E-state index in [-0.39, 0.29) is 17.3 Å². The van der Waals surface area contributed by atoms with Gasteiger partial charge in [0.1, 0.15) is 16.9 Å². The second kappa shape index (κ2) is 7.92. The maximum Gasteiger partial charge on any atom is 0.261 e. The molecule has 5 aromatic rings. The predicted molar refractivity (Wildman–Crippen MR) is 126 cm³/mol. The van der Waals surface area contributed by atoms with Crippen molar-refractivity contribution >= 4 is 45.8 Å². The Morgan fingerprint density at radius 2 is 1.88 bits per heavy atom. The molecule has 156 valence electrons. The molecule has 3 heterocycles. The molecule has 32 heavy (non-hydrogen) atoms. The minimum absolute atomic E-state index is 0.153. The number of aromatic nitrogens is 4. The second-order valence-electron chi connectivity index (χ2n) is 7.31. The standard InChI is InChI=1S/C24H19N7O/c1-15-6-4-8-17(12-15)28-24(32)20-21-23(30-19-10-3-2-9-18(19)29-21)31(22(20)25)27-14-16-7-5-11-26-13-16/h2-14H,25H2,1H3,(H,28,32)/b27-14-. The van der Waals surface area contributed by atoms with Gasteiger partial charge in [-0.05, 0) is 42.8 Å². The minimum atomic E-state index is -0.377. The Labute approximate surface area is 183 Å². The van der Waals surface area contributed by atoms with Crippen LogP contribution in [0.5, 0.6) is 0 Å². The number of benzene rings is 2. The van der Waals surface area contributed by atoms with E-state index in [2.05, 4.69) is 25.4 Å². The highest BCUT2D eigenvalue weighted by molar-refractivity contribution is 6.16. The van der Waals surface area contributed by atoms with Gasteiger partial charge >= 0.3 is 0 Å². The third-order valence-electron chi connectivity index (χ3n) is 4.98. The molecule has 0 radical (unpaired) electrons. The smallest absolute Gasteiger partial charge is 0.261 e. The van der Waals surface area contributed by atoms with Gasteiger partial charge in [-0.3, -0.25) is 9.78 Å². The lowest BCUT2D eigenvalue weighted by molar-refractivity contribution is 0.102. The molecule has 0 bridgehead atoms. The van der Waals surface area contributed by atoms with E-state index in [4.69, 9.17) is 5.73 Å². The van der Waals surface area contributed by atoms with Gasteiger partial charge in [0.15, 0.2) is 5.65 Å². The third-order valence-corrected chi connectivity index (χ3v) is 4.98. The van der Waals surface area contributed by atoms with E-state index in [1.807, 2.05) is 67.6 Å². The van der Waals surface area contributed by atoms with Gasteiger partial charge in [-0.25, -0.2) is 9.97 Å². The zero-order valence-corrected chi connectivity index (χ0v) is 17.2. The largest absolute Gasteiger partial charge is 0.383 e. The lowest BCUT2D eigenvalue weighted by Gasteiger charge is -2.06. The first-order valence-corrected chi connectivity index (χ1v) is 9.99. The van der Waals surface area contributed by atoms with Gasteiger partial charge in [0.2, 0.25) is 0 Å². The zero-order chi connectivity index (χ0) is 22.1. The van der Waals surface area contributed by atoms with Crippen LogP contribution in [0.4, 0.5) is 11.5 Å². The molecule has 0 aliphatic carbocycles. The third kappa shape index (κ3) is 3.54. The summed E-state index contributed by atoms with van der Waals surface area (Å²) in [5.74, 6) is -0.224. The monoisotopic (exact) mass is 421 g/mol. The number of carbonyl (C=O) groups excluding carboxylic acids is 1. The molecule has 3 N–H and O–H groups in total. The summed E-state index contributed by atoms with van der Waals surface area (Å²) >= 11 is 0. The summed E-state index contributed by atoms with van der Waals surface area (Å²) in [6.45, 7) is 1.96. The summed E-state index contributed by atoms with van der Waals surface area (Å²) in [5, 5.41) is 7.38. The lowest BCUT2D eigenvalue weighted by Crippen LogP contribution is -2.14. The Balaban J connectivity index is 1.67. The predicted octanol–water partition coefficient (Wildman–Crippen LogP) is 4.00. The Bertz CT molecular complexity index is 1490. The molecule has 0 spiro atoms. The molecule has 0 aliphatic rings. The maximum absolute atomic E-state index is 13.2. The van der Waals surface area contributed by atoms with Crippen LogP contribution in [-0.2, 0) is 0 Å². The highest BCUT2D eigenvalue weighted by Gasteiger charge is 2.24. The van der Waals surface area contributed by atoms with Crippen LogP contribution in [0.15, 0.2) is 78.2 Å². The summed E-state index contributed by atoms with van der Waals surface area (Å²) in [7, 11) is 0. The van der Waals surface area contributed by atoms with Crippen molar-refractivity contribution in [1.82, 2.24) is 19.6 Å². The quantitative estimate of drug-likeness (QED) is 0.426. The van der Waals surface area contributed by atoms with Gasteiger partial charge in [-0.1, -0.05) is 30.3 Å². The van der Waals surface area contributed by atoms with E-state index < -0.39 is 0 Å². The number of para-hydroxylation sites is 2. The normalized spacial score (nSPS) is 11.4. The zero-order valence-electron chi connectivity index (χ0n) is 17.2. The number of amides is 1. The number of pyridine rings is 1. The van der Waals surface area contributed by atoms with Crippen LogP contribution in [0, 0.1) is 6.92 Å². The average Bonchev–Trinajstić information content (AvgIpc) is 3.07. The topological polar surface area (TPSA) is 111 Å². The van der Waals surface area contributed by atoms with Crippen molar-refractivity contribution in [3.05, 3.63) is 89.7 Å². The van der Waals surface area contributed by atoms with Crippen LogP contribution < -0.4 is 11.1 Å². The molecule has 0 saturated carbocycles. The molecule has 0 atom stereocenters. The Morgan fingerprint density at radius 1 is 1.06 bits per heavy atom. The number of nitrogens with two attached hydrogens (primary N) is 1. The van der Waals surface area contributed by atoms with E-state index in [0.717, 1.165) is 11.1 Å². The molecule has 0 fully saturated rings. The van der Waals surface area contributed by atoms with Gasteiger partial charge in [0.05, 0.1) is 17.2 Å². The van der Waals surface area contributed by atoms with E-state index in [1.165, 1.54) is 4.68 Å². The van der Waals surface area contributed by atoms with Crippen molar-refractivity contribution in [2.45, 2.75) is 6.92 Å². The number of nitrogen functional groups attached to an aromatic ring is 1. The summed E-state index contributed by atoms with van der Waals surface area (Å²) < 4.78 is 1.44. The highest BCUT2D eigenvalue weighted by Crippen LogP contribution is 2.28. The van der Waals surface area contributed by atoms with Crippen molar-refractivity contribution < 1.29 is 4.79 Å². The summed E-state index contributed by atoms with van der Waals surface area (Å²) in [5.41, 5.74) is 11.3. The van der Waals surface area contributed by atoms with E-state index in [1.54, 1.807) is 18.6 Å². The molecular weight excluding hydrogens is 402 g/mol. The fourth-order valence-electron chi connectivity index (χ4n) is 3.48. The molecular formula is C24H19N7O. The number of aryl methyl sites for hydroxylation is 1. The van der Waals surface area contributed by atoms with Crippen LogP contribution in [0.3, 0.4) is 0 Å².